The van der Waals surface area contributed by atoms with Gasteiger partial charge in [0, 0.05) is 25.0 Å². The Morgan fingerprint density at radius 1 is 0.768 bits per heavy atom. The van der Waals surface area contributed by atoms with Gasteiger partial charge in [-0.15, -0.1) is 0 Å². The number of methoxy groups -OCH3 is 1. The van der Waals surface area contributed by atoms with Crippen LogP contribution in [0.15, 0.2) is 60.9 Å². The van der Waals surface area contributed by atoms with Crippen molar-refractivity contribution in [3.63, 3.8) is 0 Å². The number of hydrogen-bond donors (Lipinski definition) is 4. The van der Waals surface area contributed by atoms with Gasteiger partial charge in [-0.3, -0.25) is 9.59 Å². The van der Waals surface area contributed by atoms with Gasteiger partial charge in [-0.1, -0.05) is 75.2 Å². The van der Waals surface area contributed by atoms with Gasteiger partial charge >= 0.3 is 12.2 Å². The molecule has 4 amide bonds. The molecule has 0 radical (unpaired) electrons. The number of nitrogens with two attached hydrogens (primary N) is 1. The van der Waals surface area contributed by atoms with Crippen LogP contribution in [-0.2, 0) is 19.1 Å². The van der Waals surface area contributed by atoms with E-state index in [2.05, 4.69) is 56.7 Å². The van der Waals surface area contributed by atoms with Crippen LogP contribution >= 0.6 is 0 Å². The van der Waals surface area contributed by atoms with Crippen molar-refractivity contribution in [3.05, 3.63) is 72.6 Å². The molecule has 5 N–H and O–H groups in total. The molecule has 4 aromatic rings. The van der Waals surface area contributed by atoms with Crippen molar-refractivity contribution in [1.82, 2.24) is 35.1 Å². The van der Waals surface area contributed by atoms with Crippen LogP contribution in [-0.4, -0.2) is 85.6 Å². The van der Waals surface area contributed by atoms with Crippen LogP contribution in [0.25, 0.3) is 33.6 Å². The normalized spacial score (nSPS) is 22.2. The topological polar surface area (TPSA) is 189 Å². The molecule has 2 aromatic carbocycles. The maximum Gasteiger partial charge on any atom is 0.407 e. The Labute approximate surface area is 326 Å². The first-order valence-electron chi connectivity index (χ1n) is 19.7. The number of nitrogens with zero attached hydrogens (tertiary/aromatic N) is 4. The van der Waals surface area contributed by atoms with Gasteiger partial charge in [-0.25, -0.2) is 19.6 Å². The minimum atomic E-state index is -1.37. The summed E-state index contributed by atoms with van der Waals surface area (Å²) in [6.07, 6.45) is 8.90. The Balaban J connectivity index is 1.000. The van der Waals surface area contributed by atoms with E-state index in [4.69, 9.17) is 20.2 Å². The molecule has 3 aliphatic rings. The number of rotatable bonds is 10. The SMILES string of the molecule is COC(=O)N[C@@H]1CCCC[C@@H]1C(=O)N1CCC[C@H]1c1ncc(-c2ccc(-c3ccc(-c4cnc([C@@H]5CCCN5C(=O)[C@@](C)(OC(N)=O)C(C)C)[nH]4)cc3)cc2)[nH]1. The zero-order valence-electron chi connectivity index (χ0n) is 32.5. The molecule has 0 spiro atoms. The van der Waals surface area contributed by atoms with Crippen molar-refractivity contribution >= 4 is 24.0 Å². The number of alkyl carbamates (subject to hydrolysis) is 1. The van der Waals surface area contributed by atoms with E-state index in [1.165, 1.54) is 7.11 Å². The molecular weight excluding hydrogens is 713 g/mol. The number of amides is 4. The molecule has 3 fully saturated rings. The third kappa shape index (κ3) is 7.74. The number of nitrogens with one attached hydrogen (secondary N) is 3. The first-order valence-corrected chi connectivity index (χ1v) is 19.7. The van der Waals surface area contributed by atoms with E-state index >= 15 is 0 Å². The van der Waals surface area contributed by atoms with E-state index in [0.29, 0.717) is 18.9 Å². The molecule has 0 unspecified atom stereocenters. The van der Waals surface area contributed by atoms with Gasteiger partial charge in [-0.05, 0) is 67.7 Å². The lowest BCUT2D eigenvalue weighted by Crippen LogP contribution is -2.53. The number of carbonyl (C=O) groups is 4. The Kier molecular flexibility index (Phi) is 11.2. The standard InChI is InChI=1S/C42H52N8O6/c1-25(2)42(3,56-40(43)53)39(52)50-22-8-12-35(50)37-45-24-33(47-37)29-19-15-27(16-20-29)26-13-17-28(18-14-26)32-23-44-36(46-32)34-11-7-21-49(34)38(51)30-9-5-6-10-31(30)48-41(54)55-4/h13-20,23-25,30-31,34-35H,5-12,21-22H2,1-4H3,(H2,43,53)(H,44,46)(H,45,47)(H,48,54)/t30-,31+,34-,35-,42-/m0/s1. The smallest absolute Gasteiger partial charge is 0.407 e. The number of imidazole rings is 2. The van der Waals surface area contributed by atoms with Gasteiger partial charge < -0.3 is 40.3 Å². The van der Waals surface area contributed by atoms with Crippen molar-refractivity contribution < 1.29 is 28.7 Å². The average molecular weight is 765 g/mol. The number of aromatic nitrogens is 4. The predicted molar refractivity (Wildman–Crippen MR) is 210 cm³/mol. The highest BCUT2D eigenvalue weighted by Crippen LogP contribution is 2.38. The lowest BCUT2D eigenvalue weighted by atomic mass is 9.83. The van der Waals surface area contributed by atoms with E-state index in [-0.39, 0.29) is 41.8 Å². The zero-order valence-corrected chi connectivity index (χ0v) is 32.5. The van der Waals surface area contributed by atoms with E-state index in [0.717, 1.165) is 90.8 Å². The van der Waals surface area contributed by atoms with Gasteiger partial charge in [0.15, 0.2) is 5.60 Å². The number of carbonyl (C=O) groups excluding carboxylic acids is 4. The van der Waals surface area contributed by atoms with E-state index < -0.39 is 17.8 Å². The fourth-order valence-corrected chi connectivity index (χ4v) is 8.52. The number of H-pyrrole nitrogens is 2. The Morgan fingerprint density at radius 2 is 1.27 bits per heavy atom. The van der Waals surface area contributed by atoms with Gasteiger partial charge in [0.2, 0.25) is 5.91 Å². The Hall–Kier alpha value is -5.66. The van der Waals surface area contributed by atoms with Crippen molar-refractivity contribution in [3.8, 4) is 33.6 Å². The van der Waals surface area contributed by atoms with Gasteiger partial charge in [0.1, 0.15) is 11.6 Å². The first kappa shape index (κ1) is 38.6. The summed E-state index contributed by atoms with van der Waals surface area (Å²) in [7, 11) is 1.35. The molecule has 5 atom stereocenters. The monoisotopic (exact) mass is 764 g/mol. The number of likely N-dealkylation sites (tertiary alicyclic amines) is 2. The van der Waals surface area contributed by atoms with Crippen LogP contribution in [0, 0.1) is 11.8 Å². The summed E-state index contributed by atoms with van der Waals surface area (Å²) in [6, 6.07) is 15.9. The highest BCUT2D eigenvalue weighted by Gasteiger charge is 2.47. The van der Waals surface area contributed by atoms with Crippen LogP contribution in [0.4, 0.5) is 9.59 Å². The average Bonchev–Trinajstić information content (AvgIpc) is 4.04. The summed E-state index contributed by atoms with van der Waals surface area (Å²) in [5.41, 5.74) is 9.77. The second kappa shape index (κ2) is 16.2. The molecule has 7 rings (SSSR count). The molecule has 2 aliphatic heterocycles. The number of primary amides is 1. The zero-order chi connectivity index (χ0) is 39.6. The lowest BCUT2D eigenvalue weighted by Gasteiger charge is -2.36. The van der Waals surface area contributed by atoms with E-state index in [1.54, 1.807) is 18.0 Å². The van der Waals surface area contributed by atoms with E-state index in [9.17, 15) is 19.2 Å². The maximum atomic E-state index is 13.8. The van der Waals surface area contributed by atoms with Gasteiger partial charge in [0.05, 0.1) is 48.9 Å². The fraction of sp³-hybridized carbons (Fsp3) is 0.476. The minimum absolute atomic E-state index is 0.0744. The van der Waals surface area contributed by atoms with Gasteiger partial charge in [-0.2, -0.15) is 0 Å². The number of benzene rings is 2. The predicted octanol–water partition coefficient (Wildman–Crippen LogP) is 6.89. The molecule has 296 valence electrons. The molecule has 2 aromatic heterocycles. The molecule has 0 bridgehead atoms. The Morgan fingerprint density at radius 3 is 1.79 bits per heavy atom. The molecule has 56 heavy (non-hydrogen) atoms. The van der Waals surface area contributed by atoms with Crippen LogP contribution in [0.2, 0.25) is 0 Å². The summed E-state index contributed by atoms with van der Waals surface area (Å²) in [6.45, 7) is 6.50. The lowest BCUT2D eigenvalue weighted by molar-refractivity contribution is -0.155. The van der Waals surface area contributed by atoms with Gasteiger partial charge in [0.25, 0.3) is 5.91 Å². The summed E-state index contributed by atoms with van der Waals surface area (Å²) >= 11 is 0. The summed E-state index contributed by atoms with van der Waals surface area (Å²) in [5.74, 6) is 0.731. The van der Waals surface area contributed by atoms with Crippen LogP contribution in [0.1, 0.15) is 95.9 Å². The van der Waals surface area contributed by atoms with Crippen molar-refractivity contribution in [2.75, 3.05) is 20.2 Å². The first-order chi connectivity index (χ1) is 27.0. The molecule has 4 heterocycles. The molecule has 1 aliphatic carbocycles. The highest BCUT2D eigenvalue weighted by atomic mass is 16.6. The molecular formula is C42H52N8O6. The molecule has 14 nitrogen and oxygen atoms in total. The van der Waals surface area contributed by atoms with E-state index in [1.807, 2.05) is 37.1 Å². The van der Waals surface area contributed by atoms with Crippen molar-refractivity contribution in [2.24, 2.45) is 17.6 Å². The highest BCUT2D eigenvalue weighted by molar-refractivity contribution is 5.88. The second-order valence-electron chi connectivity index (χ2n) is 15.7. The minimum Gasteiger partial charge on any atom is -0.453 e. The molecule has 2 saturated heterocycles. The fourth-order valence-electron chi connectivity index (χ4n) is 8.52. The largest absolute Gasteiger partial charge is 0.453 e. The second-order valence-corrected chi connectivity index (χ2v) is 15.7. The van der Waals surface area contributed by atoms with Crippen LogP contribution < -0.4 is 11.1 Å². The summed E-state index contributed by atoms with van der Waals surface area (Å²) in [4.78, 5) is 71.2. The number of aromatic amines is 2. The molecule has 1 saturated carbocycles. The summed E-state index contributed by atoms with van der Waals surface area (Å²) in [5, 5.41) is 2.89. The van der Waals surface area contributed by atoms with Crippen LogP contribution in [0.3, 0.4) is 0 Å². The van der Waals surface area contributed by atoms with Crippen LogP contribution in [0.5, 0.6) is 0 Å². The number of ether oxygens (including phenoxy) is 2. The van der Waals surface area contributed by atoms with Crippen molar-refractivity contribution in [2.45, 2.75) is 95.9 Å². The quantitative estimate of drug-likeness (QED) is 0.134. The summed E-state index contributed by atoms with van der Waals surface area (Å²) < 4.78 is 10.2. The number of hydrogen-bond acceptors (Lipinski definition) is 8. The Bertz CT molecular complexity index is 2040. The molecule has 14 heteroatoms. The third-order valence-electron chi connectivity index (χ3n) is 12.0. The van der Waals surface area contributed by atoms with Crippen molar-refractivity contribution in [1.29, 1.82) is 0 Å². The third-order valence-corrected chi connectivity index (χ3v) is 12.0. The maximum absolute atomic E-state index is 13.8.